The van der Waals surface area contributed by atoms with E-state index >= 15 is 0 Å². The minimum absolute atomic E-state index is 0.163. The second-order valence-corrected chi connectivity index (χ2v) is 7.07. The molecule has 0 aliphatic rings. The van der Waals surface area contributed by atoms with Crippen LogP contribution in [0.4, 0.5) is 0 Å². The standard InChI is InChI=1S/C18H14Cl3N3O2/c1-10(13-4-2-12(20)7-15(13)21)23-17(25)8-24-9-22-16-5-3-11(19)6-14(16)18(24)26/h2-7,9-10H,8H2,1H3,(H,23,25). The fourth-order valence-corrected chi connectivity index (χ4v) is 3.36. The number of nitrogens with zero attached hydrogens (tertiary/aromatic N) is 2. The summed E-state index contributed by atoms with van der Waals surface area (Å²) in [5.41, 5.74) is 0.933. The maximum absolute atomic E-state index is 12.5. The van der Waals surface area contributed by atoms with Gasteiger partial charge in [-0.05, 0) is 42.8 Å². The number of hydrogen-bond donors (Lipinski definition) is 1. The lowest BCUT2D eigenvalue weighted by Crippen LogP contribution is -2.34. The van der Waals surface area contributed by atoms with E-state index < -0.39 is 0 Å². The number of hydrogen-bond acceptors (Lipinski definition) is 3. The van der Waals surface area contributed by atoms with Gasteiger partial charge in [-0.25, -0.2) is 4.98 Å². The normalized spacial score (nSPS) is 12.2. The second kappa shape index (κ2) is 7.66. The molecule has 0 aliphatic heterocycles. The zero-order chi connectivity index (χ0) is 18.8. The van der Waals surface area contributed by atoms with Crippen LogP contribution >= 0.6 is 34.8 Å². The van der Waals surface area contributed by atoms with Crippen molar-refractivity contribution < 1.29 is 4.79 Å². The van der Waals surface area contributed by atoms with Crippen molar-refractivity contribution in [1.29, 1.82) is 0 Å². The van der Waals surface area contributed by atoms with Gasteiger partial charge in [0.1, 0.15) is 6.54 Å². The molecular formula is C18H14Cl3N3O2. The van der Waals surface area contributed by atoms with Crippen LogP contribution in [0.5, 0.6) is 0 Å². The van der Waals surface area contributed by atoms with Crippen molar-refractivity contribution in [2.45, 2.75) is 19.5 Å². The molecule has 5 nitrogen and oxygen atoms in total. The molecule has 3 aromatic rings. The molecule has 0 saturated heterocycles. The number of halogens is 3. The number of nitrogens with one attached hydrogen (secondary N) is 1. The van der Waals surface area contributed by atoms with Crippen molar-refractivity contribution in [3.63, 3.8) is 0 Å². The molecule has 0 spiro atoms. The van der Waals surface area contributed by atoms with Crippen molar-refractivity contribution in [2.75, 3.05) is 0 Å². The number of carbonyl (C=O) groups is 1. The average Bonchev–Trinajstić information content (AvgIpc) is 2.57. The molecule has 1 heterocycles. The number of carbonyl (C=O) groups excluding carboxylic acids is 1. The van der Waals surface area contributed by atoms with E-state index in [1.165, 1.54) is 17.0 Å². The van der Waals surface area contributed by atoms with Crippen LogP contribution in [0.1, 0.15) is 18.5 Å². The van der Waals surface area contributed by atoms with Gasteiger partial charge in [-0.15, -0.1) is 0 Å². The van der Waals surface area contributed by atoms with Gasteiger partial charge in [0.25, 0.3) is 5.56 Å². The minimum Gasteiger partial charge on any atom is -0.348 e. The van der Waals surface area contributed by atoms with Gasteiger partial charge in [0.2, 0.25) is 5.91 Å². The maximum atomic E-state index is 12.5. The molecule has 26 heavy (non-hydrogen) atoms. The van der Waals surface area contributed by atoms with Crippen molar-refractivity contribution in [1.82, 2.24) is 14.9 Å². The largest absolute Gasteiger partial charge is 0.348 e. The van der Waals surface area contributed by atoms with E-state index in [9.17, 15) is 9.59 Å². The lowest BCUT2D eigenvalue weighted by molar-refractivity contribution is -0.122. The van der Waals surface area contributed by atoms with Gasteiger partial charge in [-0.2, -0.15) is 0 Å². The van der Waals surface area contributed by atoms with Gasteiger partial charge >= 0.3 is 0 Å². The highest BCUT2D eigenvalue weighted by molar-refractivity contribution is 6.35. The Hall–Kier alpha value is -2.08. The van der Waals surface area contributed by atoms with Crippen LogP contribution in [-0.4, -0.2) is 15.5 Å². The summed E-state index contributed by atoms with van der Waals surface area (Å²) in [6.45, 7) is 1.64. The van der Waals surface area contributed by atoms with Gasteiger partial charge in [-0.1, -0.05) is 40.9 Å². The SMILES string of the molecule is CC(NC(=O)Cn1cnc2ccc(Cl)cc2c1=O)c1ccc(Cl)cc1Cl. The van der Waals surface area contributed by atoms with Gasteiger partial charge in [0.05, 0.1) is 23.3 Å². The van der Waals surface area contributed by atoms with Crippen molar-refractivity contribution in [2.24, 2.45) is 0 Å². The van der Waals surface area contributed by atoms with Gasteiger partial charge in [-0.3, -0.25) is 14.2 Å². The van der Waals surface area contributed by atoms with Crippen LogP contribution in [0, 0.1) is 0 Å². The number of amides is 1. The Bertz CT molecular complexity index is 1050. The second-order valence-electron chi connectivity index (χ2n) is 5.79. The molecule has 1 atom stereocenters. The Morgan fingerprint density at radius 2 is 1.85 bits per heavy atom. The molecule has 1 aromatic heterocycles. The van der Waals surface area contributed by atoms with Crippen LogP contribution in [0.2, 0.25) is 15.1 Å². The van der Waals surface area contributed by atoms with E-state index in [4.69, 9.17) is 34.8 Å². The first-order valence-electron chi connectivity index (χ1n) is 7.74. The first kappa shape index (κ1) is 18.7. The van der Waals surface area contributed by atoms with Gasteiger partial charge in [0.15, 0.2) is 0 Å². The fourth-order valence-electron chi connectivity index (χ4n) is 2.62. The molecule has 8 heteroatoms. The van der Waals surface area contributed by atoms with Crippen LogP contribution in [0.25, 0.3) is 10.9 Å². The van der Waals surface area contributed by atoms with Crippen LogP contribution < -0.4 is 10.9 Å². The van der Waals surface area contributed by atoms with E-state index in [-0.39, 0.29) is 24.1 Å². The Morgan fingerprint density at radius 1 is 1.15 bits per heavy atom. The summed E-state index contributed by atoms with van der Waals surface area (Å²) in [7, 11) is 0. The highest BCUT2D eigenvalue weighted by Crippen LogP contribution is 2.26. The van der Waals surface area contributed by atoms with Crippen LogP contribution in [0.3, 0.4) is 0 Å². The minimum atomic E-state index is -0.342. The van der Waals surface area contributed by atoms with Crippen molar-refractivity contribution in [3.8, 4) is 0 Å². The molecule has 0 fully saturated rings. The molecule has 0 aliphatic carbocycles. The van der Waals surface area contributed by atoms with Crippen molar-refractivity contribution >= 4 is 51.6 Å². The van der Waals surface area contributed by atoms with Crippen LogP contribution in [-0.2, 0) is 11.3 Å². The van der Waals surface area contributed by atoms with E-state index in [0.717, 1.165) is 5.56 Å². The number of aromatic nitrogens is 2. The van der Waals surface area contributed by atoms with E-state index in [2.05, 4.69) is 10.3 Å². The summed E-state index contributed by atoms with van der Waals surface area (Å²) in [5.74, 6) is -0.339. The molecule has 1 amide bonds. The monoisotopic (exact) mass is 409 g/mol. The topological polar surface area (TPSA) is 64.0 Å². The lowest BCUT2D eigenvalue weighted by atomic mass is 10.1. The predicted molar refractivity (Wildman–Crippen MR) is 104 cm³/mol. The Labute approximate surface area is 164 Å². The molecule has 0 saturated carbocycles. The molecule has 1 N–H and O–H groups in total. The van der Waals surface area contributed by atoms with Gasteiger partial charge in [0, 0.05) is 15.1 Å². The molecular weight excluding hydrogens is 397 g/mol. The summed E-state index contributed by atoms with van der Waals surface area (Å²) < 4.78 is 1.24. The quantitative estimate of drug-likeness (QED) is 0.700. The molecule has 0 bridgehead atoms. The third-order valence-electron chi connectivity index (χ3n) is 3.91. The first-order valence-corrected chi connectivity index (χ1v) is 8.87. The zero-order valence-corrected chi connectivity index (χ0v) is 15.9. The number of fused-ring (bicyclic) bond motifs is 1. The molecule has 1 unspecified atom stereocenters. The molecule has 3 rings (SSSR count). The Balaban J connectivity index is 1.78. The first-order chi connectivity index (χ1) is 12.3. The molecule has 134 valence electrons. The number of rotatable bonds is 4. The predicted octanol–water partition coefficient (Wildman–Crippen LogP) is 4.23. The fraction of sp³-hybridized carbons (Fsp3) is 0.167. The summed E-state index contributed by atoms with van der Waals surface area (Å²) in [4.78, 5) is 29.0. The van der Waals surface area contributed by atoms with Crippen LogP contribution in [0.15, 0.2) is 47.5 Å². The van der Waals surface area contributed by atoms with Crippen molar-refractivity contribution in [3.05, 3.63) is 73.7 Å². The van der Waals surface area contributed by atoms with E-state index in [1.807, 2.05) is 0 Å². The summed E-state index contributed by atoms with van der Waals surface area (Å²) >= 11 is 18.0. The summed E-state index contributed by atoms with van der Waals surface area (Å²) in [5, 5.41) is 4.59. The Kier molecular flexibility index (Phi) is 5.51. The number of benzene rings is 2. The average molecular weight is 411 g/mol. The van der Waals surface area contributed by atoms with E-state index in [0.29, 0.717) is 26.0 Å². The third kappa shape index (κ3) is 4.01. The smallest absolute Gasteiger partial charge is 0.261 e. The zero-order valence-electron chi connectivity index (χ0n) is 13.7. The molecule has 2 aromatic carbocycles. The highest BCUT2D eigenvalue weighted by atomic mass is 35.5. The van der Waals surface area contributed by atoms with Gasteiger partial charge < -0.3 is 5.32 Å². The molecule has 0 radical (unpaired) electrons. The third-order valence-corrected chi connectivity index (χ3v) is 4.70. The lowest BCUT2D eigenvalue weighted by Gasteiger charge is -2.16. The maximum Gasteiger partial charge on any atom is 0.261 e. The summed E-state index contributed by atoms with van der Waals surface area (Å²) in [6, 6.07) is 9.58. The Morgan fingerprint density at radius 3 is 2.58 bits per heavy atom. The highest BCUT2D eigenvalue weighted by Gasteiger charge is 2.14. The summed E-state index contributed by atoms with van der Waals surface area (Å²) in [6.07, 6.45) is 1.35. The van der Waals surface area contributed by atoms with E-state index in [1.54, 1.807) is 37.3 Å².